The number of amides is 1. The van der Waals surface area contributed by atoms with Crippen molar-refractivity contribution in [3.63, 3.8) is 0 Å². The summed E-state index contributed by atoms with van der Waals surface area (Å²) < 4.78 is 0. The lowest BCUT2D eigenvalue weighted by atomic mass is 9.53. The Morgan fingerprint density at radius 3 is 2.21 bits per heavy atom. The fourth-order valence-electron chi connectivity index (χ4n) is 4.66. The second kappa shape index (κ2) is 9.61. The van der Waals surface area contributed by atoms with Gasteiger partial charge in [0.25, 0.3) is 0 Å². The highest BCUT2D eigenvalue weighted by atomic mass is 16.3. The fraction of sp³-hybridized carbons (Fsp3) is 0.800. The number of allylic oxidation sites excluding steroid dienone is 3. The number of aliphatic hydroxyl groups excluding tert-OH is 1. The summed E-state index contributed by atoms with van der Waals surface area (Å²) in [5, 5.41) is 10.1. The molecular weight excluding hydrogens is 346 g/mol. The van der Waals surface area contributed by atoms with E-state index in [0.717, 1.165) is 30.9 Å². The molecule has 3 nitrogen and oxygen atoms in total. The van der Waals surface area contributed by atoms with Crippen LogP contribution in [0.2, 0.25) is 0 Å². The average molecular weight is 392 g/mol. The van der Waals surface area contributed by atoms with Gasteiger partial charge < -0.3 is 10.0 Å². The molecule has 3 unspecified atom stereocenters. The molecule has 1 heterocycles. The van der Waals surface area contributed by atoms with Crippen molar-refractivity contribution in [2.75, 3.05) is 13.7 Å². The van der Waals surface area contributed by atoms with E-state index < -0.39 is 0 Å². The van der Waals surface area contributed by atoms with Crippen LogP contribution in [-0.4, -0.2) is 29.6 Å². The summed E-state index contributed by atoms with van der Waals surface area (Å²) in [6.07, 6.45) is 5.94. The quantitative estimate of drug-likeness (QED) is 0.623. The van der Waals surface area contributed by atoms with E-state index in [0.29, 0.717) is 12.3 Å². The van der Waals surface area contributed by atoms with Crippen molar-refractivity contribution >= 4 is 5.91 Å². The van der Waals surface area contributed by atoms with E-state index >= 15 is 0 Å². The first-order valence-corrected chi connectivity index (χ1v) is 11.1. The summed E-state index contributed by atoms with van der Waals surface area (Å²) in [6, 6.07) is 0. The van der Waals surface area contributed by atoms with Crippen molar-refractivity contribution in [3.8, 4) is 0 Å². The fourth-order valence-corrected chi connectivity index (χ4v) is 4.66. The van der Waals surface area contributed by atoms with Crippen LogP contribution in [-0.2, 0) is 4.79 Å². The number of hydrogen-bond acceptors (Lipinski definition) is 2. The molecule has 2 rings (SSSR count). The normalized spacial score (nSPS) is 31.6. The summed E-state index contributed by atoms with van der Waals surface area (Å²) in [5.41, 5.74) is 3.47. The summed E-state index contributed by atoms with van der Waals surface area (Å²) in [4.78, 5) is 14.8. The van der Waals surface area contributed by atoms with Gasteiger partial charge in [-0.25, -0.2) is 0 Å². The highest BCUT2D eigenvalue weighted by Gasteiger charge is 2.52. The zero-order valence-electron chi connectivity index (χ0n) is 20.1. The third-order valence-corrected chi connectivity index (χ3v) is 7.05. The first-order chi connectivity index (χ1) is 12.8. The smallest absolute Gasteiger partial charge is 0.227 e. The van der Waals surface area contributed by atoms with Gasteiger partial charge >= 0.3 is 0 Å². The van der Waals surface area contributed by atoms with Crippen LogP contribution in [0.3, 0.4) is 0 Å². The van der Waals surface area contributed by atoms with Gasteiger partial charge in [-0.15, -0.1) is 0 Å². The van der Waals surface area contributed by atoms with Crippen molar-refractivity contribution in [2.24, 2.45) is 28.6 Å². The second-order valence-corrected chi connectivity index (χ2v) is 10.6. The number of rotatable bonds is 3. The first-order valence-electron chi connectivity index (χ1n) is 11.1. The van der Waals surface area contributed by atoms with Crippen LogP contribution in [0.4, 0.5) is 0 Å². The van der Waals surface area contributed by atoms with Crippen LogP contribution in [0.1, 0.15) is 88.0 Å². The molecule has 2 aliphatic rings. The Bertz CT molecular complexity index is 613. The molecule has 0 aromatic carbocycles. The van der Waals surface area contributed by atoms with E-state index in [2.05, 4.69) is 68.4 Å². The first kappa shape index (κ1) is 24.9. The van der Waals surface area contributed by atoms with Gasteiger partial charge in [-0.1, -0.05) is 60.5 Å². The summed E-state index contributed by atoms with van der Waals surface area (Å²) in [7, 11) is 1.91. The van der Waals surface area contributed by atoms with Crippen LogP contribution in [0.25, 0.3) is 0 Å². The number of fused-ring (bicyclic) bond motifs is 1. The summed E-state index contributed by atoms with van der Waals surface area (Å²) >= 11 is 0. The van der Waals surface area contributed by atoms with Gasteiger partial charge in [0.15, 0.2) is 0 Å². The molecule has 3 heteroatoms. The molecule has 1 fully saturated rings. The minimum Gasteiger partial charge on any atom is -0.396 e. The molecule has 0 radical (unpaired) electrons. The minimum absolute atomic E-state index is 0.0285. The number of carbonyl (C=O) groups is 1. The molecule has 0 aromatic heterocycles. The Balaban J connectivity index is 0.000000892. The maximum atomic E-state index is 12.9. The van der Waals surface area contributed by atoms with E-state index in [9.17, 15) is 9.90 Å². The zero-order valence-corrected chi connectivity index (χ0v) is 20.1. The summed E-state index contributed by atoms with van der Waals surface area (Å²) in [6.45, 7) is 19.9. The van der Waals surface area contributed by atoms with Gasteiger partial charge in [0, 0.05) is 25.8 Å². The van der Waals surface area contributed by atoms with Gasteiger partial charge in [-0.3, -0.25) is 4.79 Å². The molecule has 162 valence electrons. The maximum Gasteiger partial charge on any atom is 0.227 e. The van der Waals surface area contributed by atoms with Crippen LogP contribution in [0.15, 0.2) is 22.9 Å². The van der Waals surface area contributed by atoms with Gasteiger partial charge in [0.1, 0.15) is 0 Å². The number of aliphatic hydroxyl groups is 1. The monoisotopic (exact) mass is 391 g/mol. The predicted molar refractivity (Wildman–Crippen MR) is 120 cm³/mol. The third kappa shape index (κ3) is 5.28. The van der Waals surface area contributed by atoms with Gasteiger partial charge in [-0.05, 0) is 66.9 Å². The molecule has 28 heavy (non-hydrogen) atoms. The van der Waals surface area contributed by atoms with Crippen molar-refractivity contribution < 1.29 is 9.90 Å². The van der Waals surface area contributed by atoms with E-state index in [1.165, 1.54) is 11.1 Å². The number of carbonyl (C=O) groups excluding carboxylic acids is 1. The molecule has 0 saturated heterocycles. The second-order valence-electron chi connectivity index (χ2n) is 10.6. The van der Waals surface area contributed by atoms with Gasteiger partial charge in [-0.2, -0.15) is 0 Å². The molecule has 3 atom stereocenters. The number of nitrogens with zero attached hydrogens (tertiary/aromatic N) is 1. The molecule has 1 saturated carbocycles. The Labute approximate surface area is 174 Å². The predicted octanol–water partition coefficient (Wildman–Crippen LogP) is 6.19. The van der Waals surface area contributed by atoms with Crippen LogP contribution in [0.5, 0.6) is 0 Å². The van der Waals surface area contributed by atoms with E-state index in [1.807, 2.05) is 11.9 Å². The molecule has 1 N–H and O–H groups in total. The van der Waals surface area contributed by atoms with Crippen molar-refractivity contribution in [2.45, 2.75) is 88.0 Å². The van der Waals surface area contributed by atoms with Crippen molar-refractivity contribution in [3.05, 3.63) is 22.9 Å². The number of hydrogen-bond donors (Lipinski definition) is 1. The molecule has 1 amide bonds. The van der Waals surface area contributed by atoms with E-state index in [4.69, 9.17) is 0 Å². The Hall–Kier alpha value is -1.09. The molecule has 0 bridgehead atoms. The standard InChI is InChI=1S/C21H35NO2.C4H10/c1-14(2)15(3)11-17-16(4)21(6)10-8-9-20(5,13-23)18(21)12-19(24)22(17)7;1-4(2)3/h11,14,18,23H,8-10,12-13H2,1-7H3;4H,1-3H3/b15-11+;. The largest absolute Gasteiger partial charge is 0.396 e. The van der Waals surface area contributed by atoms with Crippen molar-refractivity contribution in [1.82, 2.24) is 4.90 Å². The highest BCUT2D eigenvalue weighted by molar-refractivity contribution is 5.80. The maximum absolute atomic E-state index is 12.9. The Kier molecular flexibility index (Phi) is 8.56. The zero-order chi connectivity index (χ0) is 21.9. The van der Waals surface area contributed by atoms with Gasteiger partial charge in [0.05, 0.1) is 0 Å². The van der Waals surface area contributed by atoms with Crippen LogP contribution < -0.4 is 0 Å². The van der Waals surface area contributed by atoms with E-state index in [-0.39, 0.29) is 29.3 Å². The topological polar surface area (TPSA) is 40.5 Å². The Morgan fingerprint density at radius 2 is 1.75 bits per heavy atom. The van der Waals surface area contributed by atoms with Crippen LogP contribution >= 0.6 is 0 Å². The average Bonchev–Trinajstić information content (AvgIpc) is 2.66. The molecule has 0 aromatic rings. The van der Waals surface area contributed by atoms with Gasteiger partial charge in [0.2, 0.25) is 5.91 Å². The molecular formula is C25H45NO2. The lowest BCUT2D eigenvalue weighted by molar-refractivity contribution is -0.132. The SMILES string of the molecule is CC(C)C.CC1=C(/C=C(\C)C(C)C)N(C)C(=O)CC2C(C)(CO)CCCC12C. The molecule has 0 spiro atoms. The van der Waals surface area contributed by atoms with E-state index in [1.54, 1.807) is 0 Å². The van der Waals surface area contributed by atoms with Crippen molar-refractivity contribution in [1.29, 1.82) is 0 Å². The molecule has 1 aliphatic heterocycles. The summed E-state index contributed by atoms with van der Waals surface area (Å²) in [5.74, 6) is 1.67. The Morgan fingerprint density at radius 1 is 1.21 bits per heavy atom. The minimum atomic E-state index is -0.170. The lowest BCUT2D eigenvalue weighted by Crippen LogP contribution is -2.46. The van der Waals surface area contributed by atoms with Crippen LogP contribution in [0, 0.1) is 28.6 Å². The molecule has 1 aliphatic carbocycles. The lowest BCUT2D eigenvalue weighted by Gasteiger charge is -2.51. The highest BCUT2D eigenvalue weighted by Crippen LogP contribution is 2.57. The number of likely N-dealkylation sites (N-methyl/N-ethyl adjacent to an activating group) is 1. The third-order valence-electron chi connectivity index (χ3n) is 7.05.